The number of carbonyl (C=O) groups excluding carboxylic acids is 4. The summed E-state index contributed by atoms with van der Waals surface area (Å²) in [5.74, 6) is -0.709. The van der Waals surface area contributed by atoms with Gasteiger partial charge in [-0.1, -0.05) is 0 Å². The minimum Gasteiger partial charge on any atom is -0.306 e. The van der Waals surface area contributed by atoms with Crippen LogP contribution in [0.4, 0.5) is 8.78 Å². The number of carbonyl (C=O) groups is 4. The molecule has 0 N–H and O–H groups in total. The minimum atomic E-state index is -1.15. The van der Waals surface area contributed by atoms with Gasteiger partial charge in [0.25, 0.3) is 0 Å². The van der Waals surface area contributed by atoms with Crippen molar-refractivity contribution in [3.63, 3.8) is 0 Å². The van der Waals surface area contributed by atoms with Gasteiger partial charge < -0.3 is 9.80 Å². The smallest absolute Gasteiger partial charge is 0.236 e. The van der Waals surface area contributed by atoms with Crippen molar-refractivity contribution in [2.75, 3.05) is 60.0 Å². The van der Waals surface area contributed by atoms with E-state index in [2.05, 4.69) is 9.80 Å². The van der Waals surface area contributed by atoms with Crippen molar-refractivity contribution in [2.24, 2.45) is 10.8 Å². The van der Waals surface area contributed by atoms with Crippen molar-refractivity contribution >= 4 is 23.6 Å². The molecule has 10 heteroatoms. The van der Waals surface area contributed by atoms with E-state index in [1.165, 1.54) is 6.92 Å². The zero-order valence-corrected chi connectivity index (χ0v) is 19.9. The number of alkyl halides is 2. The van der Waals surface area contributed by atoms with Crippen LogP contribution in [0.5, 0.6) is 0 Å². The number of likely N-dealkylation sites (tertiary alicyclic amines) is 4. The first-order valence-corrected chi connectivity index (χ1v) is 11.8. The van der Waals surface area contributed by atoms with E-state index in [1.807, 2.05) is 14.1 Å². The average Bonchev–Trinajstić information content (AvgIpc) is 3.13. The number of imide groups is 2. The highest BCUT2D eigenvalue weighted by Gasteiger charge is 2.53. The average molecular weight is 469 g/mol. The van der Waals surface area contributed by atoms with Gasteiger partial charge in [-0.25, -0.2) is 8.78 Å². The molecule has 4 amide bonds. The lowest BCUT2D eigenvalue weighted by Crippen LogP contribution is -2.44. The van der Waals surface area contributed by atoms with Crippen LogP contribution in [-0.2, 0) is 19.2 Å². The highest BCUT2D eigenvalue weighted by molar-refractivity contribution is 6.06. The lowest BCUT2D eigenvalue weighted by molar-refractivity contribution is -0.144. The highest BCUT2D eigenvalue weighted by atomic mass is 18.2. The first-order chi connectivity index (χ1) is 15.5. The predicted octanol–water partition coefficient (Wildman–Crippen LogP) is 1.24. The molecule has 33 heavy (non-hydrogen) atoms. The summed E-state index contributed by atoms with van der Waals surface area (Å²) >= 11 is 0. The molecule has 0 aromatic carbocycles. The van der Waals surface area contributed by atoms with Gasteiger partial charge in [-0.05, 0) is 72.9 Å². The molecular weight excluding hydrogens is 432 g/mol. The summed E-state index contributed by atoms with van der Waals surface area (Å²) in [6, 6.07) is 0. The Bertz CT molecular complexity index is 774. The van der Waals surface area contributed by atoms with Crippen molar-refractivity contribution in [1.82, 2.24) is 19.6 Å². The molecule has 0 bridgehead atoms. The number of rotatable bonds is 4. The van der Waals surface area contributed by atoms with E-state index >= 15 is 0 Å². The van der Waals surface area contributed by atoms with Crippen LogP contribution < -0.4 is 0 Å². The van der Waals surface area contributed by atoms with E-state index < -0.39 is 23.7 Å². The standard InChI is InChI=1S/C12H19FN2O2.C11H17FN2O2/c1-9(13)8-15-10(16)7-12(11(15)17)3-5-14(2)6-4-12;1-13-5-2-11(3-6-13)8-9(15)14(7-4-12)10(11)16/h9H,3-8H2,1-2H3;2-8H2,1H3/i13-1;12-1. The quantitative estimate of drug-likeness (QED) is 0.578. The van der Waals surface area contributed by atoms with Crippen molar-refractivity contribution < 1.29 is 28.0 Å². The third kappa shape index (κ3) is 5.26. The summed E-state index contributed by atoms with van der Waals surface area (Å²) in [7, 11) is 4.02. The van der Waals surface area contributed by atoms with Gasteiger partial charge in [0.1, 0.15) is 12.8 Å². The van der Waals surface area contributed by atoms with E-state index in [0.717, 1.165) is 48.8 Å². The van der Waals surface area contributed by atoms with E-state index in [4.69, 9.17) is 0 Å². The Morgan fingerprint density at radius 1 is 0.788 bits per heavy atom. The molecule has 4 fully saturated rings. The summed E-state index contributed by atoms with van der Waals surface area (Å²) in [6.07, 6.45) is 2.26. The summed E-state index contributed by atoms with van der Waals surface area (Å²) in [5.41, 5.74) is -1.04. The third-order valence-corrected chi connectivity index (χ3v) is 7.61. The van der Waals surface area contributed by atoms with Crippen LogP contribution in [0.15, 0.2) is 0 Å². The van der Waals surface area contributed by atoms with E-state index in [1.54, 1.807) is 0 Å². The molecule has 1 atom stereocenters. The second-order valence-corrected chi connectivity index (χ2v) is 10.2. The maximum atomic E-state index is 13.0. The lowest BCUT2D eigenvalue weighted by atomic mass is 9.77. The predicted molar refractivity (Wildman–Crippen MR) is 118 cm³/mol. The van der Waals surface area contributed by atoms with Crippen molar-refractivity contribution in [1.29, 1.82) is 0 Å². The number of amides is 4. The van der Waals surface area contributed by atoms with Crippen LogP contribution in [0.3, 0.4) is 0 Å². The molecule has 0 aromatic heterocycles. The molecule has 4 rings (SSSR count). The Morgan fingerprint density at radius 3 is 1.58 bits per heavy atom. The zero-order chi connectivity index (χ0) is 24.4. The van der Waals surface area contributed by atoms with Gasteiger partial charge in [0.15, 0.2) is 0 Å². The van der Waals surface area contributed by atoms with Crippen LogP contribution in [0.2, 0.25) is 0 Å². The lowest BCUT2D eigenvalue weighted by Gasteiger charge is -2.35. The number of piperidine rings is 2. The molecule has 0 saturated carbocycles. The van der Waals surface area contributed by atoms with Gasteiger partial charge >= 0.3 is 0 Å². The van der Waals surface area contributed by atoms with Gasteiger partial charge in [-0.3, -0.25) is 29.0 Å². The fraction of sp³-hybridized carbons (Fsp3) is 0.826. The Hall–Kier alpha value is -1.94. The van der Waals surface area contributed by atoms with Gasteiger partial charge in [-0.15, -0.1) is 0 Å². The number of hydrogen-bond acceptors (Lipinski definition) is 6. The van der Waals surface area contributed by atoms with Crippen molar-refractivity contribution in [3.05, 3.63) is 0 Å². The topological polar surface area (TPSA) is 81.2 Å². The monoisotopic (exact) mass is 468 g/mol. The minimum absolute atomic E-state index is 0.0742. The van der Waals surface area contributed by atoms with Crippen molar-refractivity contribution in [2.45, 2.75) is 51.6 Å². The van der Waals surface area contributed by atoms with Gasteiger partial charge in [0, 0.05) is 12.8 Å². The summed E-state index contributed by atoms with van der Waals surface area (Å²) in [4.78, 5) is 54.4. The Labute approximate surface area is 194 Å². The number of nitrogens with zero attached hydrogens (tertiary/aromatic N) is 4. The molecule has 0 radical (unpaired) electrons. The highest BCUT2D eigenvalue weighted by Crippen LogP contribution is 2.42. The molecule has 4 aliphatic heterocycles. The summed E-state index contributed by atoms with van der Waals surface area (Å²) in [6.45, 7) is 3.90. The van der Waals surface area contributed by atoms with Gasteiger partial charge in [0.05, 0.1) is 23.9 Å². The molecule has 4 saturated heterocycles. The molecule has 1 unspecified atom stereocenters. The third-order valence-electron chi connectivity index (χ3n) is 7.61. The van der Waals surface area contributed by atoms with Crippen LogP contribution in [0.1, 0.15) is 45.4 Å². The normalized spacial score (nSPS) is 26.3. The molecule has 8 nitrogen and oxygen atoms in total. The molecule has 2 spiro atoms. The second-order valence-electron chi connectivity index (χ2n) is 10.2. The largest absolute Gasteiger partial charge is 0.306 e. The molecule has 0 aromatic rings. The maximum absolute atomic E-state index is 13.0. The molecule has 186 valence electrons. The number of halogens is 2. The van der Waals surface area contributed by atoms with Crippen LogP contribution in [-0.4, -0.2) is 109 Å². The van der Waals surface area contributed by atoms with E-state index in [0.29, 0.717) is 12.8 Å². The summed E-state index contributed by atoms with van der Waals surface area (Å²) < 4.78 is 25.2. The van der Waals surface area contributed by atoms with E-state index in [9.17, 15) is 28.0 Å². The molecule has 4 aliphatic rings. The maximum Gasteiger partial charge on any atom is 0.236 e. The van der Waals surface area contributed by atoms with Crippen LogP contribution in [0, 0.1) is 10.8 Å². The Balaban J connectivity index is 0.000000186. The summed E-state index contributed by atoms with van der Waals surface area (Å²) in [5, 5.41) is 0. The Kier molecular flexibility index (Phi) is 7.88. The van der Waals surface area contributed by atoms with Crippen LogP contribution >= 0.6 is 0 Å². The molecule has 4 heterocycles. The zero-order valence-electron chi connectivity index (χ0n) is 19.9. The van der Waals surface area contributed by atoms with Crippen LogP contribution in [0.25, 0.3) is 0 Å². The molecule has 0 aliphatic carbocycles. The fourth-order valence-electron chi connectivity index (χ4n) is 5.34. The molecular formula is C23H36F2N4O4. The first-order valence-electron chi connectivity index (χ1n) is 11.8. The SMILES string of the molecule is CC([18F])CN1C(=O)CC2(CCN(C)CC2)C1=O.CN1CCC2(CC1)CC(=O)N(CC[18F])C2=O. The second kappa shape index (κ2) is 10.1. The fourth-order valence-corrected chi connectivity index (χ4v) is 5.34. The number of hydrogen-bond donors (Lipinski definition) is 0. The van der Waals surface area contributed by atoms with Gasteiger partial charge in [0.2, 0.25) is 23.6 Å². The van der Waals surface area contributed by atoms with Gasteiger partial charge in [-0.2, -0.15) is 0 Å². The van der Waals surface area contributed by atoms with Crippen molar-refractivity contribution in [3.8, 4) is 0 Å². The Morgan fingerprint density at radius 2 is 1.18 bits per heavy atom. The first kappa shape index (κ1) is 25.7. The van der Waals surface area contributed by atoms with E-state index in [-0.39, 0.29) is 49.6 Å².